The Labute approximate surface area is 192 Å². The zero-order valence-electron chi connectivity index (χ0n) is 18.6. The van der Waals surface area contributed by atoms with Crippen molar-refractivity contribution >= 4 is 29.3 Å². The molecule has 0 fully saturated rings. The third-order valence-corrected chi connectivity index (χ3v) is 5.08. The van der Waals surface area contributed by atoms with Crippen LogP contribution in [0.15, 0.2) is 61.1 Å². The van der Waals surface area contributed by atoms with E-state index in [0.717, 1.165) is 30.5 Å². The van der Waals surface area contributed by atoms with Crippen molar-refractivity contribution < 1.29 is 14.8 Å². The van der Waals surface area contributed by atoms with Gasteiger partial charge in [-0.3, -0.25) is 19.7 Å². The second-order valence-electron chi connectivity index (χ2n) is 7.54. The van der Waals surface area contributed by atoms with Crippen LogP contribution < -0.4 is 15.7 Å². The molecule has 0 atom stereocenters. The van der Waals surface area contributed by atoms with E-state index in [1.807, 2.05) is 54.3 Å². The second kappa shape index (κ2) is 12.3. The van der Waals surface area contributed by atoms with E-state index in [1.165, 1.54) is 12.4 Å². The number of carbonyl (C=O) groups excluding carboxylic acids is 2. The fraction of sp³-hybridized carbons (Fsp3) is 0.292. The highest BCUT2D eigenvalue weighted by atomic mass is 16.5. The van der Waals surface area contributed by atoms with E-state index in [4.69, 9.17) is 5.21 Å². The van der Waals surface area contributed by atoms with Gasteiger partial charge in [-0.05, 0) is 43.5 Å². The quantitative estimate of drug-likeness (QED) is 0.232. The number of nitrogens with one attached hydrogen (secondary N) is 2. The molecule has 0 spiro atoms. The molecule has 0 aliphatic carbocycles. The lowest BCUT2D eigenvalue weighted by molar-refractivity contribution is -0.129. The Morgan fingerprint density at radius 3 is 2.36 bits per heavy atom. The van der Waals surface area contributed by atoms with Gasteiger partial charge in [-0.15, -0.1) is 0 Å². The Hall–Kier alpha value is -3.85. The summed E-state index contributed by atoms with van der Waals surface area (Å²) in [5, 5.41) is 11.3. The van der Waals surface area contributed by atoms with E-state index in [-0.39, 0.29) is 11.8 Å². The summed E-state index contributed by atoms with van der Waals surface area (Å²) >= 11 is 0. The molecular weight excluding hydrogens is 420 g/mol. The predicted molar refractivity (Wildman–Crippen MR) is 125 cm³/mol. The molecule has 3 N–H and O–H groups in total. The van der Waals surface area contributed by atoms with Crippen molar-refractivity contribution in [3.8, 4) is 0 Å². The van der Waals surface area contributed by atoms with Crippen LogP contribution in [0, 0.1) is 6.92 Å². The van der Waals surface area contributed by atoms with Crippen LogP contribution in [0.4, 0.5) is 17.5 Å². The molecule has 0 saturated carbocycles. The average molecular weight is 449 g/mol. The Morgan fingerprint density at radius 1 is 0.939 bits per heavy atom. The molecular formula is C24H28N6O3. The van der Waals surface area contributed by atoms with Gasteiger partial charge in [-0.1, -0.05) is 37.1 Å². The third-order valence-electron chi connectivity index (χ3n) is 5.08. The van der Waals surface area contributed by atoms with Crippen LogP contribution in [-0.2, 0) is 4.79 Å². The number of amides is 2. The SMILES string of the molecule is Cc1ccccc1N(c1ccccn1)c1ncc(C(=O)NCCCCCCC(=O)NO)cn1. The van der Waals surface area contributed by atoms with Crippen LogP contribution >= 0.6 is 0 Å². The first-order chi connectivity index (χ1) is 16.1. The van der Waals surface area contributed by atoms with Gasteiger partial charge in [-0.25, -0.2) is 20.4 Å². The summed E-state index contributed by atoms with van der Waals surface area (Å²) in [5.41, 5.74) is 3.95. The van der Waals surface area contributed by atoms with Crippen LogP contribution in [0.5, 0.6) is 0 Å². The van der Waals surface area contributed by atoms with Crippen molar-refractivity contribution in [3.05, 3.63) is 72.2 Å². The molecule has 0 aliphatic heterocycles. The molecule has 0 radical (unpaired) electrons. The van der Waals surface area contributed by atoms with Gasteiger partial charge in [0.25, 0.3) is 5.91 Å². The number of hydroxylamine groups is 1. The Balaban J connectivity index is 1.60. The van der Waals surface area contributed by atoms with E-state index in [9.17, 15) is 9.59 Å². The van der Waals surface area contributed by atoms with Crippen LogP contribution in [0.25, 0.3) is 0 Å². The van der Waals surface area contributed by atoms with Gasteiger partial charge in [0.15, 0.2) is 0 Å². The number of aromatic nitrogens is 3. The maximum Gasteiger partial charge on any atom is 0.254 e. The number of para-hydroxylation sites is 1. The van der Waals surface area contributed by atoms with Crippen LogP contribution in [0.1, 0.15) is 48.0 Å². The van der Waals surface area contributed by atoms with Crippen LogP contribution in [0.3, 0.4) is 0 Å². The van der Waals surface area contributed by atoms with E-state index in [1.54, 1.807) is 11.7 Å². The minimum absolute atomic E-state index is 0.235. The highest BCUT2D eigenvalue weighted by Gasteiger charge is 2.18. The molecule has 1 aromatic carbocycles. The average Bonchev–Trinajstić information content (AvgIpc) is 2.85. The Bertz CT molecular complexity index is 1040. The van der Waals surface area contributed by atoms with Gasteiger partial charge in [0.05, 0.1) is 11.3 Å². The predicted octanol–water partition coefficient (Wildman–Crippen LogP) is 3.84. The van der Waals surface area contributed by atoms with Gasteiger partial charge < -0.3 is 5.32 Å². The van der Waals surface area contributed by atoms with E-state index >= 15 is 0 Å². The number of aryl methyl sites for hydroxylation is 1. The molecule has 0 bridgehead atoms. The van der Waals surface area contributed by atoms with Gasteiger partial charge in [0, 0.05) is 31.6 Å². The maximum absolute atomic E-state index is 12.4. The largest absolute Gasteiger partial charge is 0.352 e. The van der Waals surface area contributed by atoms with Gasteiger partial charge in [-0.2, -0.15) is 0 Å². The third kappa shape index (κ3) is 6.81. The molecule has 2 heterocycles. The molecule has 0 aliphatic rings. The molecule has 9 nitrogen and oxygen atoms in total. The number of anilines is 3. The van der Waals surface area contributed by atoms with E-state index in [2.05, 4.69) is 20.3 Å². The highest BCUT2D eigenvalue weighted by Crippen LogP contribution is 2.32. The van der Waals surface area contributed by atoms with Crippen molar-refractivity contribution in [1.82, 2.24) is 25.7 Å². The molecule has 0 unspecified atom stereocenters. The highest BCUT2D eigenvalue weighted by molar-refractivity contribution is 5.93. The van der Waals surface area contributed by atoms with Crippen LogP contribution in [-0.4, -0.2) is 38.5 Å². The molecule has 2 amide bonds. The van der Waals surface area contributed by atoms with Gasteiger partial charge in [0.2, 0.25) is 11.9 Å². The number of nitrogens with zero attached hydrogens (tertiary/aromatic N) is 4. The number of rotatable bonds is 11. The first-order valence-electron chi connectivity index (χ1n) is 10.9. The van der Waals surface area contributed by atoms with Crippen molar-refractivity contribution in [3.63, 3.8) is 0 Å². The number of carbonyl (C=O) groups is 2. The molecule has 3 rings (SSSR count). The first kappa shape index (κ1) is 23.8. The molecule has 172 valence electrons. The number of benzene rings is 1. The van der Waals surface area contributed by atoms with Crippen molar-refractivity contribution in [2.45, 2.75) is 39.0 Å². The number of hydrogen-bond acceptors (Lipinski definition) is 7. The minimum Gasteiger partial charge on any atom is -0.352 e. The fourth-order valence-corrected chi connectivity index (χ4v) is 3.31. The van der Waals surface area contributed by atoms with Gasteiger partial charge in [0.1, 0.15) is 5.82 Å². The topological polar surface area (TPSA) is 120 Å². The normalized spacial score (nSPS) is 10.5. The van der Waals surface area contributed by atoms with E-state index < -0.39 is 0 Å². The lowest BCUT2D eigenvalue weighted by Crippen LogP contribution is -2.25. The molecule has 3 aromatic rings. The standard InChI is InChI=1S/C24H28N6O3/c1-18-10-5-6-11-20(18)30(21-12-7-9-14-25-21)24-27-16-19(17-28-24)23(32)26-15-8-3-2-4-13-22(31)29-33/h5-7,9-12,14,16-17,33H,2-4,8,13,15H2,1H3,(H,26,32)(H,29,31). The summed E-state index contributed by atoms with van der Waals surface area (Å²) in [6, 6.07) is 13.5. The molecule has 9 heteroatoms. The summed E-state index contributed by atoms with van der Waals surface area (Å²) < 4.78 is 0. The van der Waals surface area contributed by atoms with Crippen LogP contribution in [0.2, 0.25) is 0 Å². The summed E-state index contributed by atoms with van der Waals surface area (Å²) in [4.78, 5) is 38.6. The lowest BCUT2D eigenvalue weighted by Gasteiger charge is -2.23. The number of pyridine rings is 1. The van der Waals surface area contributed by atoms with Gasteiger partial charge >= 0.3 is 0 Å². The zero-order chi connectivity index (χ0) is 23.5. The number of hydrogen-bond donors (Lipinski definition) is 3. The smallest absolute Gasteiger partial charge is 0.254 e. The van der Waals surface area contributed by atoms with Crippen molar-refractivity contribution in [1.29, 1.82) is 0 Å². The molecule has 2 aromatic heterocycles. The molecule has 0 saturated heterocycles. The van der Waals surface area contributed by atoms with Crippen molar-refractivity contribution in [2.24, 2.45) is 0 Å². The first-order valence-corrected chi connectivity index (χ1v) is 10.9. The molecule has 33 heavy (non-hydrogen) atoms. The summed E-state index contributed by atoms with van der Waals surface area (Å²) in [6.07, 6.45) is 8.26. The second-order valence-corrected chi connectivity index (χ2v) is 7.54. The fourth-order valence-electron chi connectivity index (χ4n) is 3.31. The monoisotopic (exact) mass is 448 g/mol. The zero-order valence-corrected chi connectivity index (χ0v) is 18.6. The Morgan fingerprint density at radius 2 is 1.67 bits per heavy atom. The maximum atomic E-state index is 12.4. The number of unbranched alkanes of at least 4 members (excludes halogenated alkanes) is 3. The Kier molecular flexibility index (Phi) is 8.84. The van der Waals surface area contributed by atoms with E-state index in [0.29, 0.717) is 36.7 Å². The van der Waals surface area contributed by atoms with Crippen molar-refractivity contribution in [2.75, 3.05) is 11.4 Å². The lowest BCUT2D eigenvalue weighted by atomic mass is 10.1. The summed E-state index contributed by atoms with van der Waals surface area (Å²) in [6.45, 7) is 2.53. The summed E-state index contributed by atoms with van der Waals surface area (Å²) in [7, 11) is 0. The summed E-state index contributed by atoms with van der Waals surface area (Å²) in [5.74, 6) is 0.490. The minimum atomic E-state index is -0.379.